The predicted molar refractivity (Wildman–Crippen MR) is 144 cm³/mol. The number of aliphatic carboxylic acids is 2. The monoisotopic (exact) mass is 746 g/mol. The molecular weight excluding hydrogens is 701 g/mol. The molecule has 1 fully saturated rings. The van der Waals surface area contributed by atoms with E-state index in [2.05, 4.69) is 76.0 Å². The Morgan fingerprint density at radius 1 is 0.744 bits per heavy atom. The number of amides is 2. The quantitative estimate of drug-likeness (QED) is 0.111. The van der Waals surface area contributed by atoms with Crippen molar-refractivity contribution in [2.24, 2.45) is 0 Å². The minimum absolute atomic E-state index is 0. The molecule has 43 heavy (non-hydrogen) atoms. The first-order valence-electron chi connectivity index (χ1n) is 11.7. The molecule has 1 heterocycles. The molecule has 21 heteroatoms. The second kappa shape index (κ2) is 32.0. The molecule has 0 aromatic rings. The number of nitrogens with zero attached hydrogens (tertiary/aromatic N) is 5. The van der Waals surface area contributed by atoms with Crippen LogP contribution < -0.4 is 0 Å². The SMILES string of the molecule is CC(=O)O.CC(=O)O.CN(C)CCN(C)C.CN(C)CCN(C)C.O=C1CCCC(=O)N1O.O=S(=O)([O-])C(F)(F)F.[Ni].[Ni]. The third-order valence-corrected chi connectivity index (χ3v) is 4.09. The van der Waals surface area contributed by atoms with Crippen molar-refractivity contribution in [3.63, 3.8) is 0 Å². The Kier molecular flexibility index (Phi) is 42.6. The van der Waals surface area contributed by atoms with Crippen molar-refractivity contribution in [1.29, 1.82) is 0 Å². The van der Waals surface area contributed by atoms with E-state index in [1.807, 2.05) is 0 Å². The molecule has 3 N–H and O–H groups in total. The Labute approximate surface area is 272 Å². The molecule has 0 unspecified atom stereocenters. The van der Waals surface area contributed by atoms with Crippen molar-refractivity contribution >= 4 is 33.9 Å². The van der Waals surface area contributed by atoms with Gasteiger partial charge in [-0.15, -0.1) is 0 Å². The summed E-state index contributed by atoms with van der Waals surface area (Å²) >= 11 is 0. The maximum atomic E-state index is 10.7. The molecule has 1 rings (SSSR count). The van der Waals surface area contributed by atoms with Crippen LogP contribution in [0.5, 0.6) is 0 Å². The van der Waals surface area contributed by atoms with Crippen LogP contribution in [0.4, 0.5) is 13.2 Å². The standard InChI is InChI=1S/2C6H16N2.C5H7NO3.2C2H4O2.CHF3O3S.2Ni/c2*1-7(2)5-6-8(3)4;7-4-2-1-3-5(8)6(4)9;2*1-2(3)4;2-1(3,4)8(5,6)7;;/h2*5-6H2,1-4H3;9H,1-3H2;2*1H3,(H,3,4);(H,5,6,7);;/p-1. The largest absolute Gasteiger partial charge is 0.741 e. The molecule has 0 bridgehead atoms. The fraction of sp³-hybridized carbons (Fsp3) is 0.818. The minimum Gasteiger partial charge on any atom is -0.741 e. The van der Waals surface area contributed by atoms with Gasteiger partial charge in [0.05, 0.1) is 0 Å². The van der Waals surface area contributed by atoms with Crippen LogP contribution in [-0.4, -0.2) is 165 Å². The van der Waals surface area contributed by atoms with Crippen LogP contribution in [-0.2, 0) is 62.3 Å². The molecule has 1 saturated heterocycles. The van der Waals surface area contributed by atoms with Crippen molar-refractivity contribution in [2.75, 3.05) is 82.6 Å². The third kappa shape index (κ3) is 60.6. The predicted octanol–water partition coefficient (Wildman–Crippen LogP) is 0.362. The number of carboxylic acid groups (broad SMARTS) is 2. The summed E-state index contributed by atoms with van der Waals surface area (Å²) < 4.78 is 58.9. The van der Waals surface area contributed by atoms with Crippen LogP contribution in [0, 0.1) is 0 Å². The van der Waals surface area contributed by atoms with Gasteiger partial charge in [0.1, 0.15) is 0 Å². The molecule has 15 nitrogen and oxygen atoms in total. The van der Waals surface area contributed by atoms with Gasteiger partial charge in [-0.2, -0.15) is 18.2 Å². The number of hydroxylamine groups is 2. The maximum absolute atomic E-state index is 10.7. The summed E-state index contributed by atoms with van der Waals surface area (Å²) in [4.78, 5) is 47.6. The van der Waals surface area contributed by atoms with Crippen LogP contribution in [0.15, 0.2) is 0 Å². The summed E-state index contributed by atoms with van der Waals surface area (Å²) in [5.74, 6) is -2.66. The number of hydrogen-bond donors (Lipinski definition) is 3. The number of hydrogen-bond acceptors (Lipinski definition) is 12. The topological polar surface area (TPSA) is 202 Å². The first kappa shape index (κ1) is 57.2. The Morgan fingerprint density at radius 2 is 0.907 bits per heavy atom. The second-order valence-corrected chi connectivity index (χ2v) is 10.5. The van der Waals surface area contributed by atoms with Crippen LogP contribution in [0.3, 0.4) is 0 Å². The van der Waals surface area contributed by atoms with E-state index in [0.717, 1.165) is 40.0 Å². The van der Waals surface area contributed by atoms with Crippen LogP contribution in [0.2, 0.25) is 0 Å². The summed E-state index contributed by atoms with van der Waals surface area (Å²) in [7, 11) is 10.6. The summed E-state index contributed by atoms with van der Waals surface area (Å²) in [5.41, 5.74) is -5.65. The number of carbonyl (C=O) groups is 4. The van der Waals surface area contributed by atoms with E-state index in [1.54, 1.807) is 0 Å². The summed E-state index contributed by atoms with van der Waals surface area (Å²) in [6, 6.07) is 0. The number of carboxylic acids is 2. The molecule has 0 atom stereocenters. The van der Waals surface area contributed by atoms with Gasteiger partial charge >= 0.3 is 5.51 Å². The summed E-state index contributed by atoms with van der Waals surface area (Å²) in [6.07, 6.45) is 1.12. The average molecular weight is 748 g/mol. The van der Waals surface area contributed by atoms with Gasteiger partial charge in [0.15, 0.2) is 10.1 Å². The van der Waals surface area contributed by atoms with Crippen LogP contribution >= 0.6 is 0 Å². The van der Waals surface area contributed by atoms with Crippen molar-refractivity contribution in [2.45, 2.75) is 38.6 Å². The number of piperidine rings is 1. The van der Waals surface area contributed by atoms with Crippen molar-refractivity contribution < 1.29 is 93.7 Å². The van der Waals surface area contributed by atoms with Crippen molar-refractivity contribution in [3.8, 4) is 0 Å². The van der Waals surface area contributed by atoms with Gasteiger partial charge in [0, 0.05) is 85.9 Å². The van der Waals surface area contributed by atoms with Gasteiger partial charge in [-0.1, -0.05) is 0 Å². The number of imide groups is 1. The molecule has 0 saturated carbocycles. The van der Waals surface area contributed by atoms with Gasteiger partial charge in [-0.25, -0.2) is 8.42 Å². The van der Waals surface area contributed by atoms with Gasteiger partial charge in [-0.3, -0.25) is 24.4 Å². The molecule has 1 aliphatic rings. The molecule has 0 aromatic carbocycles. The van der Waals surface area contributed by atoms with Crippen LogP contribution in [0.1, 0.15) is 33.1 Å². The Morgan fingerprint density at radius 3 is 1.00 bits per heavy atom. The first-order valence-corrected chi connectivity index (χ1v) is 13.1. The van der Waals surface area contributed by atoms with E-state index in [9.17, 15) is 22.8 Å². The van der Waals surface area contributed by atoms with Gasteiger partial charge in [0.2, 0.25) is 0 Å². The molecule has 0 aromatic heterocycles. The van der Waals surface area contributed by atoms with E-state index in [1.165, 1.54) is 0 Å². The number of alkyl halides is 3. The van der Waals surface area contributed by atoms with E-state index in [0.29, 0.717) is 6.42 Å². The van der Waals surface area contributed by atoms with Crippen molar-refractivity contribution in [1.82, 2.24) is 24.7 Å². The molecule has 2 amide bonds. The van der Waals surface area contributed by atoms with E-state index >= 15 is 0 Å². The zero-order valence-electron chi connectivity index (χ0n) is 26.1. The molecule has 268 valence electrons. The van der Waals surface area contributed by atoms with E-state index < -0.39 is 39.4 Å². The number of likely N-dealkylation sites (N-methyl/N-ethyl adjacent to an activating group) is 4. The van der Waals surface area contributed by atoms with E-state index in [-0.39, 0.29) is 50.9 Å². The normalized spacial score (nSPS) is 12.3. The number of carbonyl (C=O) groups excluding carboxylic acids is 2. The minimum atomic E-state index is -6.09. The molecular formula is C22H47F3N5Ni2O10S-. The smallest absolute Gasteiger partial charge is 0.485 e. The Bertz CT molecular complexity index is 769. The van der Waals surface area contributed by atoms with E-state index in [4.69, 9.17) is 38.0 Å². The second-order valence-electron chi connectivity index (χ2n) is 9.10. The number of rotatable bonds is 6. The number of halogens is 3. The van der Waals surface area contributed by atoms with Gasteiger partial charge in [0.25, 0.3) is 23.8 Å². The molecule has 0 radical (unpaired) electrons. The fourth-order valence-electron chi connectivity index (χ4n) is 1.54. The first-order chi connectivity index (χ1) is 18.2. The zero-order chi connectivity index (χ0) is 34.1. The maximum Gasteiger partial charge on any atom is 0.485 e. The summed E-state index contributed by atoms with van der Waals surface area (Å²) in [6.45, 7) is 6.75. The summed E-state index contributed by atoms with van der Waals surface area (Å²) in [5, 5.41) is 23.6. The van der Waals surface area contributed by atoms with Gasteiger partial charge in [-0.05, 0) is 62.8 Å². The molecule has 0 spiro atoms. The fourth-order valence-corrected chi connectivity index (χ4v) is 1.54. The van der Waals surface area contributed by atoms with Gasteiger partial charge < -0.3 is 34.4 Å². The third-order valence-electron chi connectivity index (χ3n) is 3.53. The molecule has 0 aliphatic carbocycles. The average Bonchev–Trinajstić information content (AvgIpc) is 2.74. The zero-order valence-corrected chi connectivity index (χ0v) is 28.9. The Hall–Kier alpha value is -1.43. The van der Waals surface area contributed by atoms with Crippen LogP contribution in [0.25, 0.3) is 0 Å². The Balaban J connectivity index is -0.0000000733. The van der Waals surface area contributed by atoms with Crippen molar-refractivity contribution in [3.05, 3.63) is 0 Å². The molecule has 1 aliphatic heterocycles.